The highest BCUT2D eigenvalue weighted by Crippen LogP contribution is 1.76. The van der Waals surface area contributed by atoms with Gasteiger partial charge >= 0.3 is 0 Å². The molecule has 0 bridgehead atoms. The molecule has 9 heteroatoms. The maximum Gasteiger partial charge on any atom is 0.218 e. The van der Waals surface area contributed by atoms with Gasteiger partial charge in [-0.1, -0.05) is 0 Å². The number of sulfonamides is 1. The Kier molecular flexibility index (Phi) is 4.87. The lowest BCUT2D eigenvalue weighted by molar-refractivity contribution is 0.588. The van der Waals surface area contributed by atoms with Gasteiger partial charge in [-0.15, -0.1) is 0 Å². The zero-order valence-electron chi connectivity index (χ0n) is 7.77. The van der Waals surface area contributed by atoms with Crippen LogP contribution in [0.1, 0.15) is 0 Å². The van der Waals surface area contributed by atoms with E-state index in [1.54, 1.807) is 0 Å². The molecule has 0 atom stereocenters. The molecule has 14 heavy (non-hydrogen) atoms. The first-order chi connectivity index (χ1) is 6.31. The van der Waals surface area contributed by atoms with Crippen LogP contribution in [0.5, 0.6) is 0 Å². The minimum Gasteiger partial charge on any atom is -0.370 e. The number of nitrogens with two attached hydrogens (primary N) is 3. The standard InChI is InChI=1S/C5H14N6O2S/c1-14(12,13)10-3-2-9-5(8)11-4(6)7/h10H,2-3H2,1H3,(H6,6,7,8,9,11). The summed E-state index contributed by atoms with van der Waals surface area (Å²) in [5, 5.41) is 0. The van der Waals surface area contributed by atoms with Crippen LogP contribution < -0.4 is 21.9 Å². The first-order valence-corrected chi connectivity index (χ1v) is 5.54. The Bertz CT molecular complexity index is 328. The molecule has 0 spiro atoms. The number of nitrogens with zero attached hydrogens (tertiary/aromatic N) is 2. The lowest BCUT2D eigenvalue weighted by Crippen LogP contribution is -2.28. The summed E-state index contributed by atoms with van der Waals surface area (Å²) in [5.74, 6) is -0.275. The highest BCUT2D eigenvalue weighted by atomic mass is 32.2. The quantitative estimate of drug-likeness (QED) is 0.229. The molecular formula is C5H14N6O2S. The predicted molar refractivity (Wildman–Crippen MR) is 55.1 cm³/mol. The van der Waals surface area contributed by atoms with Crippen LogP contribution in [-0.2, 0) is 10.0 Å². The number of rotatable bonds is 4. The maximum atomic E-state index is 10.6. The molecule has 0 rings (SSSR count). The monoisotopic (exact) mass is 222 g/mol. The summed E-state index contributed by atoms with van der Waals surface area (Å²) in [6.07, 6.45) is 1.05. The van der Waals surface area contributed by atoms with E-state index in [-0.39, 0.29) is 25.0 Å². The summed E-state index contributed by atoms with van der Waals surface area (Å²) in [4.78, 5) is 7.12. The van der Waals surface area contributed by atoms with Gasteiger partial charge in [0.2, 0.25) is 16.0 Å². The van der Waals surface area contributed by atoms with Crippen LogP contribution >= 0.6 is 0 Å². The van der Waals surface area contributed by atoms with Gasteiger partial charge in [-0.3, -0.25) is 4.99 Å². The summed E-state index contributed by atoms with van der Waals surface area (Å²) in [7, 11) is -3.19. The molecule has 0 radical (unpaired) electrons. The molecule has 0 unspecified atom stereocenters. The van der Waals surface area contributed by atoms with Gasteiger partial charge in [0.1, 0.15) is 0 Å². The van der Waals surface area contributed by atoms with E-state index in [9.17, 15) is 8.42 Å². The minimum atomic E-state index is -3.19. The van der Waals surface area contributed by atoms with E-state index in [0.29, 0.717) is 0 Å². The molecule has 0 heterocycles. The fraction of sp³-hybridized carbons (Fsp3) is 0.600. The van der Waals surface area contributed by atoms with Crippen molar-refractivity contribution < 1.29 is 8.42 Å². The Hall–Kier alpha value is -1.35. The normalized spacial score (nSPS) is 12.5. The van der Waals surface area contributed by atoms with E-state index in [4.69, 9.17) is 17.2 Å². The molecule has 0 aliphatic carbocycles. The second-order valence-electron chi connectivity index (χ2n) is 2.44. The number of guanidine groups is 2. The molecule has 0 aromatic carbocycles. The molecule has 7 N–H and O–H groups in total. The van der Waals surface area contributed by atoms with Crippen molar-refractivity contribution >= 4 is 21.9 Å². The molecule has 0 saturated heterocycles. The Balaban J connectivity index is 3.90. The second kappa shape index (κ2) is 5.40. The van der Waals surface area contributed by atoms with Crippen LogP contribution in [0.15, 0.2) is 9.98 Å². The third-order valence-electron chi connectivity index (χ3n) is 0.994. The zero-order chi connectivity index (χ0) is 11.2. The molecule has 0 aromatic rings. The molecule has 0 amide bonds. The summed E-state index contributed by atoms with van der Waals surface area (Å²) in [5.41, 5.74) is 15.3. The molecule has 0 aromatic heterocycles. The highest BCUT2D eigenvalue weighted by Gasteiger charge is 1.97. The Morgan fingerprint density at radius 2 is 1.93 bits per heavy atom. The van der Waals surface area contributed by atoms with Crippen molar-refractivity contribution in [3.63, 3.8) is 0 Å². The summed E-state index contributed by atoms with van der Waals surface area (Å²) in [6, 6.07) is 0. The lowest BCUT2D eigenvalue weighted by atomic mass is 10.7. The smallest absolute Gasteiger partial charge is 0.218 e. The summed E-state index contributed by atoms with van der Waals surface area (Å²) >= 11 is 0. The van der Waals surface area contributed by atoms with Crippen LogP contribution in [0.25, 0.3) is 0 Å². The third-order valence-corrected chi connectivity index (χ3v) is 1.72. The minimum absolute atomic E-state index is 0.0831. The van der Waals surface area contributed by atoms with Gasteiger partial charge in [0.15, 0.2) is 5.96 Å². The first-order valence-electron chi connectivity index (χ1n) is 3.65. The van der Waals surface area contributed by atoms with Crippen LogP contribution in [0.2, 0.25) is 0 Å². The van der Waals surface area contributed by atoms with E-state index in [2.05, 4.69) is 14.7 Å². The average Bonchev–Trinajstić information content (AvgIpc) is 1.95. The van der Waals surface area contributed by atoms with Crippen molar-refractivity contribution in [3.8, 4) is 0 Å². The second-order valence-corrected chi connectivity index (χ2v) is 4.28. The number of nitrogens with one attached hydrogen (secondary N) is 1. The van der Waals surface area contributed by atoms with E-state index < -0.39 is 10.0 Å². The van der Waals surface area contributed by atoms with Crippen LogP contribution in [0.4, 0.5) is 0 Å². The number of hydrogen-bond acceptors (Lipinski definition) is 3. The molecule has 0 saturated carbocycles. The topological polar surface area (TPSA) is 149 Å². The largest absolute Gasteiger partial charge is 0.370 e. The lowest BCUT2D eigenvalue weighted by Gasteiger charge is -1.98. The SMILES string of the molecule is CS(=O)(=O)NCCN=C(N)N=C(N)N. The van der Waals surface area contributed by atoms with E-state index in [0.717, 1.165) is 6.26 Å². The van der Waals surface area contributed by atoms with Crippen LogP contribution in [0.3, 0.4) is 0 Å². The maximum absolute atomic E-state index is 10.6. The summed E-state index contributed by atoms with van der Waals surface area (Å²) in [6.45, 7) is 0.329. The van der Waals surface area contributed by atoms with Crippen LogP contribution in [-0.4, -0.2) is 39.7 Å². The fourth-order valence-electron chi connectivity index (χ4n) is 0.569. The Morgan fingerprint density at radius 3 is 2.36 bits per heavy atom. The van der Waals surface area contributed by atoms with E-state index >= 15 is 0 Å². The molecule has 82 valence electrons. The molecule has 0 aliphatic rings. The van der Waals surface area contributed by atoms with Crippen molar-refractivity contribution in [3.05, 3.63) is 0 Å². The van der Waals surface area contributed by atoms with Crippen molar-refractivity contribution in [2.45, 2.75) is 0 Å². The van der Waals surface area contributed by atoms with Gasteiger partial charge in [0, 0.05) is 6.54 Å². The fourth-order valence-corrected chi connectivity index (χ4v) is 1.03. The van der Waals surface area contributed by atoms with Gasteiger partial charge < -0.3 is 17.2 Å². The number of aliphatic imine (C=N–C) groups is 2. The predicted octanol–water partition coefficient (Wildman–Crippen LogP) is -2.88. The van der Waals surface area contributed by atoms with Crippen molar-refractivity contribution in [2.24, 2.45) is 27.2 Å². The summed E-state index contributed by atoms with van der Waals surface area (Å²) < 4.78 is 23.4. The highest BCUT2D eigenvalue weighted by molar-refractivity contribution is 7.88. The zero-order valence-corrected chi connectivity index (χ0v) is 8.58. The van der Waals surface area contributed by atoms with Crippen molar-refractivity contribution in [2.75, 3.05) is 19.3 Å². The van der Waals surface area contributed by atoms with Gasteiger partial charge in [0.25, 0.3) is 0 Å². The van der Waals surface area contributed by atoms with Gasteiger partial charge in [-0.2, -0.15) is 4.99 Å². The molecular weight excluding hydrogens is 208 g/mol. The van der Waals surface area contributed by atoms with Gasteiger partial charge in [-0.25, -0.2) is 13.1 Å². The Labute approximate surface area is 82.3 Å². The van der Waals surface area contributed by atoms with Crippen molar-refractivity contribution in [1.29, 1.82) is 0 Å². The average molecular weight is 222 g/mol. The molecule has 0 fully saturated rings. The Morgan fingerprint density at radius 1 is 1.36 bits per heavy atom. The van der Waals surface area contributed by atoms with Gasteiger partial charge in [0.05, 0.1) is 12.8 Å². The van der Waals surface area contributed by atoms with E-state index in [1.165, 1.54) is 0 Å². The molecule has 0 aliphatic heterocycles. The first kappa shape index (κ1) is 12.7. The third kappa shape index (κ3) is 8.74. The van der Waals surface area contributed by atoms with Crippen molar-refractivity contribution in [1.82, 2.24) is 4.72 Å². The van der Waals surface area contributed by atoms with Gasteiger partial charge in [-0.05, 0) is 0 Å². The molecule has 8 nitrogen and oxygen atoms in total. The van der Waals surface area contributed by atoms with Crippen LogP contribution in [0, 0.1) is 0 Å². The van der Waals surface area contributed by atoms with E-state index in [1.807, 2.05) is 0 Å². The number of hydrogen-bond donors (Lipinski definition) is 4.